The van der Waals surface area contributed by atoms with Crippen molar-refractivity contribution in [3.63, 3.8) is 0 Å². The zero-order valence-corrected chi connectivity index (χ0v) is 17.6. The van der Waals surface area contributed by atoms with E-state index in [0.717, 1.165) is 20.0 Å². The van der Waals surface area contributed by atoms with E-state index in [0.29, 0.717) is 18.0 Å². The Balaban J connectivity index is 1.92. The Morgan fingerprint density at radius 2 is 1.89 bits per heavy atom. The highest BCUT2D eigenvalue weighted by atomic mass is 127. The summed E-state index contributed by atoms with van der Waals surface area (Å²) in [6.07, 6.45) is 1.23. The average Bonchev–Trinajstić information content (AvgIpc) is 2.62. The van der Waals surface area contributed by atoms with Gasteiger partial charge in [-0.1, -0.05) is 30.3 Å². The third kappa shape index (κ3) is 5.09. The number of amides is 1. The number of hydrogen-bond acceptors (Lipinski definition) is 4. The van der Waals surface area contributed by atoms with Crippen LogP contribution in [0.4, 0.5) is 10.5 Å². The van der Waals surface area contributed by atoms with Crippen molar-refractivity contribution in [1.29, 1.82) is 0 Å². The molecule has 1 heterocycles. The number of carbonyl (C=O) groups excluding carboxylic acids is 1. The van der Waals surface area contributed by atoms with E-state index in [1.807, 2.05) is 63.2 Å². The van der Waals surface area contributed by atoms with E-state index in [4.69, 9.17) is 9.47 Å². The molecule has 3 aromatic rings. The maximum absolute atomic E-state index is 12.2. The normalized spacial score (nSPS) is 11.3. The fourth-order valence-corrected chi connectivity index (χ4v) is 3.26. The second-order valence-corrected chi connectivity index (χ2v) is 8.12. The minimum absolute atomic E-state index is 0.416. The van der Waals surface area contributed by atoms with Gasteiger partial charge in [-0.2, -0.15) is 0 Å². The number of ether oxygens (including phenoxy) is 2. The summed E-state index contributed by atoms with van der Waals surface area (Å²) in [4.78, 5) is 16.7. The van der Waals surface area contributed by atoms with Crippen molar-refractivity contribution in [3.05, 3.63) is 63.9 Å². The van der Waals surface area contributed by atoms with Gasteiger partial charge in [0.05, 0.1) is 5.69 Å². The number of aromatic nitrogens is 1. The van der Waals surface area contributed by atoms with E-state index in [1.54, 1.807) is 12.3 Å². The van der Waals surface area contributed by atoms with E-state index in [9.17, 15) is 4.79 Å². The lowest BCUT2D eigenvalue weighted by atomic mass is 10.1. The lowest BCUT2D eigenvalue weighted by Gasteiger charge is -2.20. The molecule has 0 saturated heterocycles. The summed E-state index contributed by atoms with van der Waals surface area (Å²) in [5.41, 5.74) is 1.88. The number of rotatable bonds is 4. The van der Waals surface area contributed by atoms with Crippen LogP contribution in [0.3, 0.4) is 0 Å². The van der Waals surface area contributed by atoms with Crippen molar-refractivity contribution in [3.8, 4) is 5.75 Å². The summed E-state index contributed by atoms with van der Waals surface area (Å²) in [5.74, 6) is 0.612. The molecule has 0 aliphatic rings. The molecule has 0 aliphatic heterocycles. The molecule has 27 heavy (non-hydrogen) atoms. The molecule has 6 heteroatoms. The number of fused-ring (bicyclic) bond motifs is 1. The Morgan fingerprint density at radius 1 is 1.15 bits per heavy atom. The van der Waals surface area contributed by atoms with Crippen LogP contribution in [0.15, 0.2) is 54.7 Å². The molecule has 0 spiro atoms. The number of anilines is 1. The molecule has 140 valence electrons. The Morgan fingerprint density at radius 3 is 2.59 bits per heavy atom. The topological polar surface area (TPSA) is 60.5 Å². The Labute approximate surface area is 172 Å². The molecule has 0 bridgehead atoms. The number of halogens is 1. The maximum Gasteiger partial charge on any atom is 0.412 e. The molecule has 0 saturated carbocycles. The molecule has 0 atom stereocenters. The fourth-order valence-electron chi connectivity index (χ4n) is 2.54. The zero-order chi connectivity index (χ0) is 19.4. The van der Waals surface area contributed by atoms with E-state index in [1.165, 1.54) is 0 Å². The second kappa shape index (κ2) is 8.12. The Kier molecular flexibility index (Phi) is 5.84. The summed E-state index contributed by atoms with van der Waals surface area (Å²) in [7, 11) is 0. The zero-order valence-electron chi connectivity index (χ0n) is 15.5. The highest BCUT2D eigenvalue weighted by molar-refractivity contribution is 14.1. The number of pyridine rings is 1. The van der Waals surface area contributed by atoms with Crippen LogP contribution >= 0.6 is 22.6 Å². The van der Waals surface area contributed by atoms with Crippen molar-refractivity contribution in [2.24, 2.45) is 0 Å². The maximum atomic E-state index is 12.2. The van der Waals surface area contributed by atoms with Gasteiger partial charge in [-0.3, -0.25) is 10.3 Å². The van der Waals surface area contributed by atoms with Gasteiger partial charge in [-0.15, -0.1) is 0 Å². The smallest absolute Gasteiger partial charge is 0.412 e. The van der Waals surface area contributed by atoms with Crippen molar-refractivity contribution >= 4 is 45.3 Å². The Hall–Kier alpha value is -2.35. The standard InChI is InChI=1S/C21H21IN2O3/c1-21(2,3)27-20(25)24-16-12-17(26-13-14-8-5-4-6-9-14)19-15(18(16)22)10-7-11-23-19/h4-12H,13H2,1-3H3,(H,24,25). The molecule has 0 unspecified atom stereocenters. The van der Waals surface area contributed by atoms with Gasteiger partial charge in [0.2, 0.25) is 0 Å². The van der Waals surface area contributed by atoms with Crippen LogP contribution in [0.5, 0.6) is 5.75 Å². The SMILES string of the molecule is CC(C)(C)OC(=O)Nc1cc(OCc2ccccc2)c2ncccc2c1I. The van der Waals surface area contributed by atoms with Crippen LogP contribution in [0.1, 0.15) is 26.3 Å². The Bertz CT molecular complexity index is 953. The number of nitrogens with zero attached hydrogens (tertiary/aromatic N) is 1. The first-order valence-corrected chi connectivity index (χ1v) is 9.65. The van der Waals surface area contributed by atoms with E-state index in [-0.39, 0.29) is 0 Å². The summed E-state index contributed by atoms with van der Waals surface area (Å²) in [5, 5.41) is 3.73. The van der Waals surface area contributed by atoms with Gasteiger partial charge in [0.15, 0.2) is 0 Å². The second-order valence-electron chi connectivity index (χ2n) is 7.04. The summed E-state index contributed by atoms with van der Waals surface area (Å²) < 4.78 is 12.3. The van der Waals surface area contributed by atoms with Crippen LogP contribution in [0.25, 0.3) is 10.9 Å². The molecule has 1 amide bonds. The van der Waals surface area contributed by atoms with Gasteiger partial charge in [-0.05, 0) is 61.1 Å². The summed E-state index contributed by atoms with van der Waals surface area (Å²) in [6, 6.07) is 15.5. The minimum Gasteiger partial charge on any atom is -0.487 e. The minimum atomic E-state index is -0.569. The molecule has 1 N–H and O–H groups in total. The average molecular weight is 476 g/mol. The molecule has 0 fully saturated rings. The van der Waals surface area contributed by atoms with Crippen molar-refractivity contribution in [2.75, 3.05) is 5.32 Å². The quantitative estimate of drug-likeness (QED) is 0.486. The van der Waals surface area contributed by atoms with Gasteiger partial charge < -0.3 is 9.47 Å². The first kappa shape index (κ1) is 19.4. The van der Waals surface area contributed by atoms with Gasteiger partial charge >= 0.3 is 6.09 Å². The monoisotopic (exact) mass is 476 g/mol. The highest BCUT2D eigenvalue weighted by Gasteiger charge is 2.19. The number of carbonyl (C=O) groups is 1. The molecule has 5 nitrogen and oxygen atoms in total. The first-order valence-electron chi connectivity index (χ1n) is 8.57. The first-order chi connectivity index (χ1) is 12.8. The van der Waals surface area contributed by atoms with E-state index >= 15 is 0 Å². The third-order valence-corrected chi connectivity index (χ3v) is 4.82. The molecule has 2 aromatic carbocycles. The van der Waals surface area contributed by atoms with Crippen molar-refractivity contribution in [2.45, 2.75) is 33.0 Å². The van der Waals surface area contributed by atoms with Crippen LogP contribution in [0, 0.1) is 3.57 Å². The largest absolute Gasteiger partial charge is 0.487 e. The van der Waals surface area contributed by atoms with Gasteiger partial charge in [0.1, 0.15) is 23.5 Å². The van der Waals surface area contributed by atoms with Crippen LogP contribution < -0.4 is 10.1 Å². The van der Waals surface area contributed by atoms with Crippen LogP contribution in [-0.4, -0.2) is 16.7 Å². The number of nitrogens with one attached hydrogen (secondary N) is 1. The molecule has 0 aliphatic carbocycles. The number of hydrogen-bond donors (Lipinski definition) is 1. The lowest BCUT2D eigenvalue weighted by molar-refractivity contribution is 0.0636. The van der Waals surface area contributed by atoms with Gasteiger partial charge in [0.25, 0.3) is 0 Å². The molecular weight excluding hydrogens is 455 g/mol. The molecule has 1 aromatic heterocycles. The molecular formula is C21H21IN2O3. The highest BCUT2D eigenvalue weighted by Crippen LogP contribution is 2.34. The van der Waals surface area contributed by atoms with E-state index < -0.39 is 11.7 Å². The predicted molar refractivity (Wildman–Crippen MR) is 115 cm³/mol. The number of benzene rings is 2. The molecule has 0 radical (unpaired) electrons. The predicted octanol–water partition coefficient (Wildman–Crippen LogP) is 5.77. The third-order valence-electron chi connectivity index (χ3n) is 3.66. The molecule has 3 rings (SSSR count). The lowest BCUT2D eigenvalue weighted by Crippen LogP contribution is -2.27. The van der Waals surface area contributed by atoms with Crippen LogP contribution in [0.2, 0.25) is 0 Å². The summed E-state index contributed by atoms with van der Waals surface area (Å²) >= 11 is 2.20. The summed E-state index contributed by atoms with van der Waals surface area (Å²) in [6.45, 7) is 5.90. The van der Waals surface area contributed by atoms with Crippen molar-refractivity contribution < 1.29 is 14.3 Å². The van der Waals surface area contributed by atoms with Gasteiger partial charge in [-0.25, -0.2) is 4.79 Å². The van der Waals surface area contributed by atoms with Crippen LogP contribution in [-0.2, 0) is 11.3 Å². The fraction of sp³-hybridized carbons (Fsp3) is 0.238. The van der Waals surface area contributed by atoms with Crippen molar-refractivity contribution in [1.82, 2.24) is 4.98 Å². The van der Waals surface area contributed by atoms with E-state index in [2.05, 4.69) is 32.9 Å². The van der Waals surface area contributed by atoms with Gasteiger partial charge in [0, 0.05) is 21.2 Å².